The molecule has 1 saturated heterocycles. The van der Waals surface area contributed by atoms with Gasteiger partial charge in [0, 0.05) is 17.6 Å². The van der Waals surface area contributed by atoms with Crippen molar-refractivity contribution in [3.63, 3.8) is 0 Å². The number of fused-ring (bicyclic) bond motifs is 2. The quantitative estimate of drug-likeness (QED) is 0.677. The molecule has 0 radical (unpaired) electrons. The molecule has 2 aliphatic heterocycles. The molecule has 2 aromatic rings. The van der Waals surface area contributed by atoms with Gasteiger partial charge in [0.1, 0.15) is 17.3 Å². The molecule has 3 N–H and O–H groups in total. The van der Waals surface area contributed by atoms with Crippen LogP contribution in [0, 0.1) is 11.2 Å². The number of carbonyl (C=O) groups is 2. The van der Waals surface area contributed by atoms with E-state index in [1.165, 1.54) is 12.1 Å². The Morgan fingerprint density at radius 2 is 1.90 bits per heavy atom. The van der Waals surface area contributed by atoms with Crippen molar-refractivity contribution in [1.82, 2.24) is 5.32 Å². The maximum atomic E-state index is 15.2. The molecule has 2 aliphatic rings. The minimum atomic E-state index is -1.28. The molecule has 4 unspecified atom stereocenters. The van der Waals surface area contributed by atoms with E-state index < -0.39 is 35.2 Å². The molecule has 0 aromatic heterocycles. The average Bonchev–Trinajstić information content (AvgIpc) is 3.13. The number of carboxylic acid groups (broad SMARTS) is 1. The first-order valence-corrected chi connectivity index (χ1v) is 10.3. The first-order chi connectivity index (χ1) is 14.1. The molecule has 0 saturated carbocycles. The molecule has 30 heavy (non-hydrogen) atoms. The van der Waals surface area contributed by atoms with Gasteiger partial charge in [0.15, 0.2) is 0 Å². The number of nitrogens with one attached hydrogen (secondary N) is 2. The van der Waals surface area contributed by atoms with Crippen LogP contribution in [0.1, 0.15) is 44.2 Å². The van der Waals surface area contributed by atoms with Gasteiger partial charge in [-0.05, 0) is 35.1 Å². The fourth-order valence-electron chi connectivity index (χ4n) is 5.11. The van der Waals surface area contributed by atoms with Crippen molar-refractivity contribution in [1.29, 1.82) is 0 Å². The van der Waals surface area contributed by atoms with Gasteiger partial charge >= 0.3 is 5.97 Å². The fraction of sp³-hybridized carbons (Fsp3) is 0.391. The van der Waals surface area contributed by atoms with E-state index in [9.17, 15) is 14.7 Å². The lowest BCUT2D eigenvalue weighted by atomic mass is 9.62. The molecular weight excluding hydrogens is 407 g/mol. The molecule has 4 rings (SSSR count). The molecule has 1 spiro atoms. The predicted octanol–water partition coefficient (Wildman–Crippen LogP) is 4.31. The second-order valence-electron chi connectivity index (χ2n) is 9.29. The Kier molecular flexibility index (Phi) is 4.90. The molecular formula is C23H24ClFN2O3. The Morgan fingerprint density at radius 1 is 1.20 bits per heavy atom. The Morgan fingerprint density at radius 3 is 2.57 bits per heavy atom. The number of rotatable bonds is 3. The van der Waals surface area contributed by atoms with Crippen LogP contribution in [0.2, 0.25) is 5.02 Å². The monoisotopic (exact) mass is 430 g/mol. The van der Waals surface area contributed by atoms with Gasteiger partial charge in [-0.15, -0.1) is 0 Å². The highest BCUT2D eigenvalue weighted by atomic mass is 35.5. The Bertz CT molecular complexity index is 1040. The van der Waals surface area contributed by atoms with Crippen LogP contribution in [0.5, 0.6) is 0 Å². The zero-order chi connectivity index (χ0) is 21.8. The summed E-state index contributed by atoms with van der Waals surface area (Å²) in [5.74, 6) is -3.11. The Balaban J connectivity index is 2.03. The summed E-state index contributed by atoms with van der Waals surface area (Å²) in [4.78, 5) is 25.9. The van der Waals surface area contributed by atoms with E-state index >= 15 is 4.39 Å². The van der Waals surface area contributed by atoms with E-state index in [0.717, 1.165) is 0 Å². The molecule has 0 aliphatic carbocycles. The summed E-state index contributed by atoms with van der Waals surface area (Å²) in [6.45, 7) is 6.10. The van der Waals surface area contributed by atoms with Gasteiger partial charge in [-0.25, -0.2) is 4.39 Å². The maximum absolute atomic E-state index is 15.2. The van der Waals surface area contributed by atoms with Crippen molar-refractivity contribution in [3.05, 3.63) is 64.4 Å². The number of halogens is 2. The topological polar surface area (TPSA) is 78.4 Å². The second-order valence-corrected chi connectivity index (χ2v) is 9.70. The first-order valence-electron chi connectivity index (χ1n) is 9.91. The highest BCUT2D eigenvalue weighted by Gasteiger charge is 2.66. The van der Waals surface area contributed by atoms with E-state index in [4.69, 9.17) is 11.6 Å². The number of benzene rings is 2. The third-order valence-electron chi connectivity index (χ3n) is 6.15. The maximum Gasteiger partial charge on any atom is 0.321 e. The molecule has 2 heterocycles. The van der Waals surface area contributed by atoms with Crippen LogP contribution < -0.4 is 10.6 Å². The molecule has 7 heteroatoms. The van der Waals surface area contributed by atoms with Crippen LogP contribution >= 0.6 is 11.6 Å². The van der Waals surface area contributed by atoms with Gasteiger partial charge in [-0.3, -0.25) is 14.9 Å². The number of hydrogen-bond acceptors (Lipinski definition) is 3. The number of para-hydroxylation sites is 1. The van der Waals surface area contributed by atoms with Gasteiger partial charge in [0.2, 0.25) is 5.91 Å². The first kappa shape index (κ1) is 20.8. The van der Waals surface area contributed by atoms with E-state index in [-0.39, 0.29) is 21.9 Å². The third kappa shape index (κ3) is 3.01. The highest BCUT2D eigenvalue weighted by Crippen LogP contribution is 2.56. The van der Waals surface area contributed by atoms with Crippen molar-refractivity contribution in [2.45, 2.75) is 50.6 Å². The van der Waals surface area contributed by atoms with E-state index in [1.54, 1.807) is 12.1 Å². The second kappa shape index (κ2) is 7.06. The number of hydrogen-bond donors (Lipinski definition) is 3. The molecule has 5 nitrogen and oxygen atoms in total. The lowest BCUT2D eigenvalue weighted by molar-refractivity contribution is -0.139. The number of carboxylic acids is 1. The Labute approximate surface area is 179 Å². The third-order valence-corrected chi connectivity index (χ3v) is 6.44. The molecule has 2 aromatic carbocycles. The largest absolute Gasteiger partial charge is 0.480 e. The van der Waals surface area contributed by atoms with Gasteiger partial charge in [-0.2, -0.15) is 0 Å². The zero-order valence-electron chi connectivity index (χ0n) is 17.0. The van der Waals surface area contributed by atoms with Crippen molar-refractivity contribution in [2.24, 2.45) is 5.41 Å². The van der Waals surface area contributed by atoms with Crippen molar-refractivity contribution in [2.75, 3.05) is 5.32 Å². The van der Waals surface area contributed by atoms with Crippen LogP contribution in [-0.4, -0.2) is 29.1 Å². The molecule has 4 atom stereocenters. The smallest absolute Gasteiger partial charge is 0.321 e. The SMILES string of the molecule is CC(C)(C)CC1NC(C(=O)O)C(c2cccc(Cl)c2F)C12C(=O)Nc1ccccc12. The fourth-order valence-corrected chi connectivity index (χ4v) is 5.29. The summed E-state index contributed by atoms with van der Waals surface area (Å²) in [7, 11) is 0. The molecule has 158 valence electrons. The van der Waals surface area contributed by atoms with Crippen molar-refractivity contribution < 1.29 is 19.1 Å². The molecule has 1 amide bonds. The van der Waals surface area contributed by atoms with Crippen molar-refractivity contribution in [3.8, 4) is 0 Å². The summed E-state index contributed by atoms with van der Waals surface area (Å²) in [6, 6.07) is 10.1. The summed E-state index contributed by atoms with van der Waals surface area (Å²) < 4.78 is 15.2. The number of amides is 1. The van der Waals surface area contributed by atoms with E-state index in [0.29, 0.717) is 17.7 Å². The lowest BCUT2D eigenvalue weighted by Gasteiger charge is -2.37. The number of aliphatic carboxylic acids is 1. The van der Waals surface area contributed by atoms with Crippen molar-refractivity contribution >= 4 is 29.2 Å². The molecule has 0 bridgehead atoms. The van der Waals surface area contributed by atoms with Crippen LogP contribution in [0.25, 0.3) is 0 Å². The predicted molar refractivity (Wildman–Crippen MR) is 113 cm³/mol. The zero-order valence-corrected chi connectivity index (χ0v) is 17.8. The summed E-state index contributed by atoms with van der Waals surface area (Å²) in [6.07, 6.45) is 0.525. The summed E-state index contributed by atoms with van der Waals surface area (Å²) in [5.41, 5.74) is -0.0385. The van der Waals surface area contributed by atoms with E-state index in [1.807, 2.05) is 39.0 Å². The van der Waals surface area contributed by atoms with Gasteiger partial charge in [0.05, 0.1) is 5.02 Å². The van der Waals surface area contributed by atoms with Crippen LogP contribution in [-0.2, 0) is 15.0 Å². The average molecular weight is 431 g/mol. The minimum absolute atomic E-state index is 0.0993. The van der Waals surface area contributed by atoms with Crippen LogP contribution in [0.15, 0.2) is 42.5 Å². The highest BCUT2D eigenvalue weighted by molar-refractivity contribution is 6.30. The standard InChI is InChI=1S/C23H24ClFN2O3/c1-22(2,3)11-16-23(13-8-4-5-10-15(13)26-21(23)30)17(19(27-16)20(28)29)12-7-6-9-14(24)18(12)25/h4-10,16-17,19,27H,11H2,1-3H3,(H,26,30)(H,28,29). The van der Waals surface area contributed by atoms with Crippen LogP contribution in [0.4, 0.5) is 10.1 Å². The summed E-state index contributed by atoms with van der Waals surface area (Å²) >= 11 is 6.05. The number of carbonyl (C=O) groups excluding carboxylic acids is 1. The number of anilines is 1. The minimum Gasteiger partial charge on any atom is -0.480 e. The molecule has 1 fully saturated rings. The van der Waals surface area contributed by atoms with Gasteiger partial charge < -0.3 is 10.4 Å². The van der Waals surface area contributed by atoms with Gasteiger partial charge in [0.25, 0.3) is 0 Å². The van der Waals surface area contributed by atoms with Crippen LogP contribution in [0.3, 0.4) is 0 Å². The summed E-state index contributed by atoms with van der Waals surface area (Å²) in [5, 5.41) is 16.0. The Hall–Kier alpha value is -2.44. The van der Waals surface area contributed by atoms with Gasteiger partial charge in [-0.1, -0.05) is 62.7 Å². The normalized spacial score (nSPS) is 27.9. The lowest BCUT2D eigenvalue weighted by Crippen LogP contribution is -2.49. The van der Waals surface area contributed by atoms with E-state index in [2.05, 4.69) is 10.6 Å².